The van der Waals surface area contributed by atoms with Crippen molar-refractivity contribution in [3.8, 4) is 11.8 Å². The Balaban J connectivity index is 2.28. The van der Waals surface area contributed by atoms with Crippen LogP contribution in [0, 0.1) is 17.8 Å². The van der Waals surface area contributed by atoms with Gasteiger partial charge in [-0.25, -0.2) is 0 Å². The van der Waals surface area contributed by atoms with Crippen LogP contribution in [0.1, 0.15) is 39.0 Å². The first-order valence-corrected chi connectivity index (χ1v) is 7.01. The van der Waals surface area contributed by atoms with E-state index in [0.717, 1.165) is 32.5 Å². The fraction of sp³-hybridized carbons (Fsp3) is 0.800. The van der Waals surface area contributed by atoms with Crippen molar-refractivity contribution >= 4 is 5.91 Å². The predicted molar refractivity (Wildman–Crippen MR) is 75.2 cm³/mol. The van der Waals surface area contributed by atoms with E-state index < -0.39 is 0 Å². The first kappa shape index (κ1) is 15.0. The SMILES string of the molecule is CCC#CCN1CCC[C@@H](CCC(=O)N(C)C)C1. The number of piperidine rings is 1. The van der Waals surface area contributed by atoms with E-state index in [1.807, 2.05) is 14.1 Å². The summed E-state index contributed by atoms with van der Waals surface area (Å²) in [6, 6.07) is 0. The normalized spacial score (nSPS) is 20.1. The second-order valence-electron chi connectivity index (χ2n) is 5.28. The van der Waals surface area contributed by atoms with Crippen LogP contribution in [0.4, 0.5) is 0 Å². The molecule has 102 valence electrons. The molecule has 1 saturated heterocycles. The molecule has 1 aliphatic rings. The summed E-state index contributed by atoms with van der Waals surface area (Å²) in [5.41, 5.74) is 0. The number of likely N-dealkylation sites (tertiary alicyclic amines) is 1. The van der Waals surface area contributed by atoms with E-state index in [-0.39, 0.29) is 5.91 Å². The summed E-state index contributed by atoms with van der Waals surface area (Å²) in [5.74, 6) is 7.25. The van der Waals surface area contributed by atoms with Crippen molar-refractivity contribution < 1.29 is 4.79 Å². The van der Waals surface area contributed by atoms with Crippen molar-refractivity contribution in [3.63, 3.8) is 0 Å². The van der Waals surface area contributed by atoms with Crippen molar-refractivity contribution in [2.24, 2.45) is 5.92 Å². The Bertz CT molecular complexity index is 314. The van der Waals surface area contributed by atoms with Crippen LogP contribution in [0.5, 0.6) is 0 Å². The summed E-state index contributed by atoms with van der Waals surface area (Å²) < 4.78 is 0. The molecule has 3 heteroatoms. The Hall–Kier alpha value is -1.01. The predicted octanol–water partition coefficient (Wildman–Crippen LogP) is 1.98. The Kier molecular flexibility index (Phi) is 6.82. The minimum atomic E-state index is 0.248. The third-order valence-electron chi connectivity index (χ3n) is 3.47. The first-order valence-electron chi connectivity index (χ1n) is 7.01. The number of hydrogen-bond donors (Lipinski definition) is 0. The van der Waals surface area contributed by atoms with Crippen LogP contribution in [0.2, 0.25) is 0 Å². The van der Waals surface area contributed by atoms with Gasteiger partial charge in [-0.1, -0.05) is 12.8 Å². The lowest BCUT2D eigenvalue weighted by Gasteiger charge is -2.31. The van der Waals surface area contributed by atoms with Crippen LogP contribution in [0.15, 0.2) is 0 Å². The molecular formula is C15H26N2O. The van der Waals surface area contributed by atoms with Gasteiger partial charge in [0.15, 0.2) is 0 Å². The molecule has 0 bridgehead atoms. The zero-order valence-corrected chi connectivity index (χ0v) is 12.0. The zero-order chi connectivity index (χ0) is 13.4. The second kappa shape index (κ2) is 8.16. The quantitative estimate of drug-likeness (QED) is 0.712. The van der Waals surface area contributed by atoms with Gasteiger partial charge in [-0.05, 0) is 31.7 Å². The van der Waals surface area contributed by atoms with Gasteiger partial charge < -0.3 is 4.90 Å². The van der Waals surface area contributed by atoms with E-state index in [4.69, 9.17) is 0 Å². The summed E-state index contributed by atoms with van der Waals surface area (Å²) >= 11 is 0. The molecule has 0 unspecified atom stereocenters. The summed E-state index contributed by atoms with van der Waals surface area (Å²) in [6.45, 7) is 5.25. The zero-order valence-electron chi connectivity index (χ0n) is 12.0. The van der Waals surface area contributed by atoms with Gasteiger partial charge in [0.25, 0.3) is 0 Å². The molecule has 0 N–H and O–H groups in total. The minimum absolute atomic E-state index is 0.248. The highest BCUT2D eigenvalue weighted by Gasteiger charge is 2.20. The van der Waals surface area contributed by atoms with Crippen LogP contribution in [-0.2, 0) is 4.79 Å². The van der Waals surface area contributed by atoms with Gasteiger partial charge >= 0.3 is 0 Å². The molecule has 1 amide bonds. The highest BCUT2D eigenvalue weighted by atomic mass is 16.2. The lowest BCUT2D eigenvalue weighted by Crippen LogP contribution is -2.36. The maximum atomic E-state index is 11.6. The number of carbonyl (C=O) groups is 1. The number of amides is 1. The van der Waals surface area contributed by atoms with Crippen molar-refractivity contribution in [1.82, 2.24) is 9.80 Å². The van der Waals surface area contributed by atoms with E-state index in [0.29, 0.717) is 12.3 Å². The molecule has 1 rings (SSSR count). The molecule has 0 spiro atoms. The first-order chi connectivity index (χ1) is 8.63. The van der Waals surface area contributed by atoms with E-state index in [2.05, 4.69) is 23.7 Å². The molecule has 0 aliphatic carbocycles. The fourth-order valence-corrected chi connectivity index (χ4v) is 2.37. The minimum Gasteiger partial charge on any atom is -0.349 e. The Morgan fingerprint density at radius 1 is 1.39 bits per heavy atom. The molecule has 0 aromatic heterocycles. The molecule has 3 nitrogen and oxygen atoms in total. The third kappa shape index (κ3) is 5.55. The van der Waals surface area contributed by atoms with Crippen molar-refractivity contribution in [2.75, 3.05) is 33.7 Å². The average molecular weight is 250 g/mol. The highest BCUT2D eigenvalue weighted by molar-refractivity contribution is 5.75. The van der Waals surface area contributed by atoms with Gasteiger partial charge in [-0.2, -0.15) is 0 Å². The summed E-state index contributed by atoms with van der Waals surface area (Å²) in [4.78, 5) is 15.7. The van der Waals surface area contributed by atoms with Crippen LogP contribution in [0.3, 0.4) is 0 Å². The maximum Gasteiger partial charge on any atom is 0.222 e. The lowest BCUT2D eigenvalue weighted by molar-refractivity contribution is -0.129. The molecule has 1 fully saturated rings. The summed E-state index contributed by atoms with van der Waals surface area (Å²) in [7, 11) is 3.66. The van der Waals surface area contributed by atoms with Gasteiger partial charge in [-0.3, -0.25) is 9.69 Å². The van der Waals surface area contributed by atoms with Gasteiger partial charge in [0.1, 0.15) is 0 Å². The summed E-state index contributed by atoms with van der Waals surface area (Å²) in [5, 5.41) is 0. The van der Waals surface area contributed by atoms with Gasteiger partial charge in [0.2, 0.25) is 5.91 Å². The number of rotatable bonds is 4. The maximum absolute atomic E-state index is 11.6. The van der Waals surface area contributed by atoms with Crippen molar-refractivity contribution in [1.29, 1.82) is 0 Å². The second-order valence-corrected chi connectivity index (χ2v) is 5.28. The molecular weight excluding hydrogens is 224 g/mol. The van der Waals surface area contributed by atoms with Gasteiger partial charge in [0.05, 0.1) is 6.54 Å². The smallest absolute Gasteiger partial charge is 0.222 e. The van der Waals surface area contributed by atoms with Crippen molar-refractivity contribution in [2.45, 2.75) is 39.0 Å². The van der Waals surface area contributed by atoms with E-state index >= 15 is 0 Å². The molecule has 0 radical (unpaired) electrons. The number of hydrogen-bond acceptors (Lipinski definition) is 2. The Morgan fingerprint density at radius 3 is 2.83 bits per heavy atom. The monoisotopic (exact) mass is 250 g/mol. The molecule has 0 aromatic carbocycles. The van der Waals surface area contributed by atoms with E-state index in [1.54, 1.807) is 4.90 Å². The topological polar surface area (TPSA) is 23.6 Å². The molecule has 1 atom stereocenters. The molecule has 0 saturated carbocycles. The van der Waals surface area contributed by atoms with Gasteiger partial charge in [-0.15, -0.1) is 5.92 Å². The number of nitrogens with zero attached hydrogens (tertiary/aromatic N) is 2. The van der Waals surface area contributed by atoms with Crippen LogP contribution >= 0.6 is 0 Å². The largest absolute Gasteiger partial charge is 0.349 e. The van der Waals surface area contributed by atoms with Gasteiger partial charge in [0, 0.05) is 33.5 Å². The average Bonchev–Trinajstić information content (AvgIpc) is 2.36. The highest BCUT2D eigenvalue weighted by Crippen LogP contribution is 2.20. The standard InChI is InChI=1S/C15H26N2O/c1-4-5-6-11-17-12-7-8-14(13-17)9-10-15(18)16(2)3/h14H,4,7-13H2,1-3H3/t14-/m0/s1. The molecule has 0 aromatic rings. The number of carbonyl (C=O) groups excluding carboxylic acids is 1. The van der Waals surface area contributed by atoms with Crippen LogP contribution < -0.4 is 0 Å². The molecule has 18 heavy (non-hydrogen) atoms. The lowest BCUT2D eigenvalue weighted by atomic mass is 9.93. The van der Waals surface area contributed by atoms with Crippen LogP contribution in [0.25, 0.3) is 0 Å². The van der Waals surface area contributed by atoms with E-state index in [1.165, 1.54) is 12.8 Å². The summed E-state index contributed by atoms with van der Waals surface area (Å²) in [6.07, 6.45) is 5.16. The molecule has 1 aliphatic heterocycles. The third-order valence-corrected chi connectivity index (χ3v) is 3.47. The van der Waals surface area contributed by atoms with E-state index in [9.17, 15) is 4.79 Å². The van der Waals surface area contributed by atoms with Crippen LogP contribution in [-0.4, -0.2) is 49.4 Å². The van der Waals surface area contributed by atoms with Crippen molar-refractivity contribution in [3.05, 3.63) is 0 Å². The molecule has 1 heterocycles. The fourth-order valence-electron chi connectivity index (χ4n) is 2.37. The Labute approximate surface area is 112 Å². The Morgan fingerprint density at radius 2 is 2.17 bits per heavy atom.